The van der Waals surface area contributed by atoms with Crippen molar-refractivity contribution >= 4 is 15.9 Å². The van der Waals surface area contributed by atoms with Crippen LogP contribution in [0.5, 0.6) is 5.75 Å². The van der Waals surface area contributed by atoms with E-state index in [9.17, 15) is 13.2 Å². The van der Waals surface area contributed by atoms with Crippen molar-refractivity contribution in [2.24, 2.45) is 0 Å². The molecule has 0 aliphatic carbocycles. The van der Waals surface area contributed by atoms with Gasteiger partial charge in [-0.3, -0.25) is 4.79 Å². The number of hydrogen-bond donors (Lipinski definition) is 1. The number of nitrogens with one attached hydrogen (secondary N) is 1. The minimum absolute atomic E-state index is 0.138. The molecule has 0 radical (unpaired) electrons. The number of sulfonamides is 1. The molecule has 0 saturated carbocycles. The molecule has 0 aromatic heterocycles. The molecule has 0 spiro atoms. The maximum absolute atomic E-state index is 12.7. The Morgan fingerprint density at radius 3 is 2.39 bits per heavy atom. The molecular formula is C21H28N2O4S. The van der Waals surface area contributed by atoms with Crippen LogP contribution in [0.1, 0.15) is 36.2 Å². The maximum atomic E-state index is 12.7. The predicted octanol–water partition coefficient (Wildman–Crippen LogP) is 3.22. The number of para-hydroxylation sites is 1. The summed E-state index contributed by atoms with van der Waals surface area (Å²) in [6.45, 7) is 7.07. The summed E-state index contributed by atoms with van der Waals surface area (Å²) >= 11 is 0. The van der Waals surface area contributed by atoms with E-state index in [1.807, 2.05) is 30.3 Å². The second-order valence-electron chi connectivity index (χ2n) is 6.34. The summed E-state index contributed by atoms with van der Waals surface area (Å²) in [4.78, 5) is 12.7. The third-order valence-electron chi connectivity index (χ3n) is 4.42. The second kappa shape index (κ2) is 10.2. The molecule has 28 heavy (non-hydrogen) atoms. The van der Waals surface area contributed by atoms with Gasteiger partial charge in [-0.05, 0) is 43.2 Å². The summed E-state index contributed by atoms with van der Waals surface area (Å²) in [6.07, 6.45) is 0.650. The van der Waals surface area contributed by atoms with E-state index in [0.29, 0.717) is 38.2 Å². The van der Waals surface area contributed by atoms with Gasteiger partial charge in [-0.2, -0.15) is 4.31 Å². The Hall–Kier alpha value is -2.38. The molecule has 7 heteroatoms. The molecule has 0 fully saturated rings. The number of carbonyl (C=O) groups excluding carboxylic acids is 1. The van der Waals surface area contributed by atoms with Crippen molar-refractivity contribution in [2.45, 2.75) is 32.1 Å². The normalized spacial score (nSPS) is 11.4. The van der Waals surface area contributed by atoms with Gasteiger partial charge in [-0.15, -0.1) is 0 Å². The number of nitrogens with zero attached hydrogens (tertiary/aromatic N) is 1. The van der Waals surface area contributed by atoms with Crippen molar-refractivity contribution < 1.29 is 17.9 Å². The van der Waals surface area contributed by atoms with Gasteiger partial charge in [0.1, 0.15) is 5.75 Å². The molecule has 0 aliphatic rings. The lowest BCUT2D eigenvalue weighted by atomic mass is 10.1. The van der Waals surface area contributed by atoms with Crippen LogP contribution < -0.4 is 10.1 Å². The highest BCUT2D eigenvalue weighted by molar-refractivity contribution is 7.89. The Morgan fingerprint density at radius 2 is 1.75 bits per heavy atom. The lowest BCUT2D eigenvalue weighted by molar-refractivity contribution is 0.0950. The van der Waals surface area contributed by atoms with E-state index in [4.69, 9.17) is 4.74 Å². The first kappa shape index (κ1) is 21.9. The van der Waals surface area contributed by atoms with E-state index in [-0.39, 0.29) is 10.8 Å². The Balaban J connectivity index is 1.97. The third kappa shape index (κ3) is 5.56. The number of amides is 1. The van der Waals surface area contributed by atoms with E-state index in [2.05, 4.69) is 5.32 Å². The summed E-state index contributed by atoms with van der Waals surface area (Å²) in [6, 6.07) is 14.2. The number of aryl methyl sites for hydroxylation is 1. The topological polar surface area (TPSA) is 75.7 Å². The number of ether oxygens (including phenoxy) is 1. The lowest BCUT2D eigenvalue weighted by Crippen LogP contribution is -2.31. The van der Waals surface area contributed by atoms with E-state index in [1.165, 1.54) is 10.4 Å². The van der Waals surface area contributed by atoms with Gasteiger partial charge >= 0.3 is 0 Å². The summed E-state index contributed by atoms with van der Waals surface area (Å²) in [5.74, 6) is 0.507. The molecule has 0 atom stereocenters. The van der Waals surface area contributed by atoms with Crippen molar-refractivity contribution in [3.8, 4) is 5.75 Å². The van der Waals surface area contributed by atoms with Crippen LogP contribution in [0.25, 0.3) is 0 Å². The van der Waals surface area contributed by atoms with E-state index >= 15 is 0 Å². The van der Waals surface area contributed by atoms with Crippen LogP contribution in [0.3, 0.4) is 0 Å². The average molecular weight is 405 g/mol. The molecule has 2 aromatic carbocycles. The van der Waals surface area contributed by atoms with Crippen LogP contribution in [0.15, 0.2) is 53.4 Å². The molecule has 6 nitrogen and oxygen atoms in total. The fourth-order valence-corrected chi connectivity index (χ4v) is 4.28. The number of benzene rings is 2. The highest BCUT2D eigenvalue weighted by atomic mass is 32.2. The van der Waals surface area contributed by atoms with E-state index < -0.39 is 10.0 Å². The fourth-order valence-electron chi connectivity index (χ4n) is 2.79. The van der Waals surface area contributed by atoms with E-state index in [0.717, 1.165) is 11.3 Å². The van der Waals surface area contributed by atoms with Gasteiger partial charge in [0, 0.05) is 25.2 Å². The first-order valence-corrected chi connectivity index (χ1v) is 10.9. The highest BCUT2D eigenvalue weighted by Crippen LogP contribution is 2.19. The van der Waals surface area contributed by atoms with Gasteiger partial charge in [-0.1, -0.05) is 38.1 Å². The van der Waals surface area contributed by atoms with Crippen molar-refractivity contribution in [3.63, 3.8) is 0 Å². The largest absolute Gasteiger partial charge is 0.494 e. The standard InChI is InChI=1S/C21H28N2O4S/c1-4-23(5-2)28(25,26)19-13-12-17(3)20(16-19)21(24)22-14-9-15-27-18-10-7-6-8-11-18/h6-8,10-13,16H,4-5,9,14-15H2,1-3H3,(H,22,24). The zero-order valence-corrected chi connectivity index (χ0v) is 17.5. The Bertz CT molecular complexity index is 879. The molecule has 152 valence electrons. The minimum atomic E-state index is -3.60. The summed E-state index contributed by atoms with van der Waals surface area (Å²) in [7, 11) is -3.60. The minimum Gasteiger partial charge on any atom is -0.494 e. The maximum Gasteiger partial charge on any atom is 0.251 e. The molecule has 2 aromatic rings. The zero-order chi connectivity index (χ0) is 20.6. The molecule has 0 aliphatic heterocycles. The SMILES string of the molecule is CCN(CC)S(=O)(=O)c1ccc(C)c(C(=O)NCCCOc2ccccc2)c1. The van der Waals surface area contributed by atoms with Crippen molar-refractivity contribution in [1.82, 2.24) is 9.62 Å². The first-order valence-electron chi connectivity index (χ1n) is 9.47. The average Bonchev–Trinajstić information content (AvgIpc) is 2.69. The molecule has 0 heterocycles. The van der Waals surface area contributed by atoms with Crippen molar-refractivity contribution in [2.75, 3.05) is 26.2 Å². The molecule has 0 unspecified atom stereocenters. The van der Waals surface area contributed by atoms with Gasteiger partial charge < -0.3 is 10.1 Å². The Labute approximate surface area is 167 Å². The fraction of sp³-hybridized carbons (Fsp3) is 0.381. The lowest BCUT2D eigenvalue weighted by Gasteiger charge is -2.19. The van der Waals surface area contributed by atoms with Crippen LogP contribution >= 0.6 is 0 Å². The predicted molar refractivity (Wildman–Crippen MR) is 110 cm³/mol. The summed E-state index contributed by atoms with van der Waals surface area (Å²) < 4.78 is 32.4. The quantitative estimate of drug-likeness (QED) is 0.617. The van der Waals surface area contributed by atoms with Crippen molar-refractivity contribution in [3.05, 3.63) is 59.7 Å². The highest BCUT2D eigenvalue weighted by Gasteiger charge is 2.23. The number of rotatable bonds is 10. The Kier molecular flexibility index (Phi) is 8.02. The van der Waals surface area contributed by atoms with Crippen LogP contribution in [-0.2, 0) is 10.0 Å². The molecular weight excluding hydrogens is 376 g/mol. The van der Waals surface area contributed by atoms with Gasteiger partial charge in [-0.25, -0.2) is 8.42 Å². The van der Waals surface area contributed by atoms with Crippen molar-refractivity contribution in [1.29, 1.82) is 0 Å². The molecule has 1 amide bonds. The number of carbonyl (C=O) groups is 1. The second-order valence-corrected chi connectivity index (χ2v) is 8.27. The smallest absolute Gasteiger partial charge is 0.251 e. The number of hydrogen-bond acceptors (Lipinski definition) is 4. The van der Waals surface area contributed by atoms with Gasteiger partial charge in [0.15, 0.2) is 0 Å². The monoisotopic (exact) mass is 404 g/mol. The van der Waals surface area contributed by atoms with Crippen LogP contribution in [0, 0.1) is 6.92 Å². The van der Waals surface area contributed by atoms with Crippen LogP contribution in [0.4, 0.5) is 0 Å². The van der Waals surface area contributed by atoms with Gasteiger partial charge in [0.2, 0.25) is 10.0 Å². The zero-order valence-electron chi connectivity index (χ0n) is 16.6. The Morgan fingerprint density at radius 1 is 1.07 bits per heavy atom. The third-order valence-corrected chi connectivity index (χ3v) is 6.46. The van der Waals surface area contributed by atoms with Gasteiger partial charge in [0.25, 0.3) is 5.91 Å². The molecule has 1 N–H and O–H groups in total. The summed E-state index contributed by atoms with van der Waals surface area (Å²) in [5, 5.41) is 2.83. The van der Waals surface area contributed by atoms with E-state index in [1.54, 1.807) is 32.9 Å². The van der Waals surface area contributed by atoms with Crippen LogP contribution in [-0.4, -0.2) is 44.9 Å². The molecule has 0 saturated heterocycles. The molecule has 0 bridgehead atoms. The molecule has 2 rings (SSSR count). The summed E-state index contributed by atoms with van der Waals surface area (Å²) in [5.41, 5.74) is 1.11. The first-order chi connectivity index (χ1) is 13.4. The van der Waals surface area contributed by atoms with Crippen LogP contribution in [0.2, 0.25) is 0 Å². The van der Waals surface area contributed by atoms with Gasteiger partial charge in [0.05, 0.1) is 11.5 Å².